The molecule has 24 heavy (non-hydrogen) atoms. The topological polar surface area (TPSA) is 56.8 Å². The molecule has 0 fully saturated rings. The first-order valence-electron chi connectivity index (χ1n) is 7.74. The summed E-state index contributed by atoms with van der Waals surface area (Å²) in [4.78, 5) is 11.8. The quantitative estimate of drug-likeness (QED) is 0.754. The molecule has 5 heteroatoms. The second-order valence-corrected chi connectivity index (χ2v) is 5.31. The predicted octanol–water partition coefficient (Wildman–Crippen LogP) is 3.10. The number of carbonyl (C=O) groups excluding carboxylic acids is 1. The minimum Gasteiger partial charge on any atom is -0.497 e. The van der Waals surface area contributed by atoms with Gasteiger partial charge in [-0.25, -0.2) is 0 Å². The third-order valence-electron chi connectivity index (χ3n) is 3.81. The Kier molecular flexibility index (Phi) is 6.63. The Balaban J connectivity index is 2.23. The molecule has 0 heterocycles. The van der Waals surface area contributed by atoms with E-state index in [2.05, 4.69) is 5.32 Å². The van der Waals surface area contributed by atoms with Gasteiger partial charge in [-0.05, 0) is 11.6 Å². The molecule has 128 valence electrons. The van der Waals surface area contributed by atoms with Crippen LogP contribution in [0.25, 0.3) is 0 Å². The van der Waals surface area contributed by atoms with Gasteiger partial charge >= 0.3 is 5.97 Å². The molecule has 0 aliphatic rings. The van der Waals surface area contributed by atoms with E-state index in [4.69, 9.17) is 14.2 Å². The number of hydrogen-bond acceptors (Lipinski definition) is 5. The third-order valence-corrected chi connectivity index (χ3v) is 3.81. The molecule has 0 amide bonds. The summed E-state index contributed by atoms with van der Waals surface area (Å²) < 4.78 is 15.5. The van der Waals surface area contributed by atoms with Gasteiger partial charge in [0.2, 0.25) is 0 Å². The molecule has 1 atom stereocenters. The van der Waals surface area contributed by atoms with Gasteiger partial charge in [-0.2, -0.15) is 0 Å². The van der Waals surface area contributed by atoms with Gasteiger partial charge in [0, 0.05) is 24.2 Å². The van der Waals surface area contributed by atoms with E-state index in [0.717, 1.165) is 11.1 Å². The molecule has 0 aromatic heterocycles. The number of hydrogen-bond donors (Lipinski definition) is 1. The summed E-state index contributed by atoms with van der Waals surface area (Å²) in [5, 5.41) is 3.41. The Morgan fingerprint density at radius 1 is 1.04 bits per heavy atom. The van der Waals surface area contributed by atoms with Crippen molar-refractivity contribution >= 4 is 5.97 Å². The van der Waals surface area contributed by atoms with Gasteiger partial charge in [-0.3, -0.25) is 4.79 Å². The summed E-state index contributed by atoms with van der Waals surface area (Å²) >= 11 is 0. The molecule has 1 unspecified atom stereocenters. The Morgan fingerprint density at radius 3 is 2.42 bits per heavy atom. The third kappa shape index (κ3) is 4.73. The molecule has 2 aromatic carbocycles. The highest BCUT2D eigenvalue weighted by atomic mass is 16.5. The highest BCUT2D eigenvalue weighted by Crippen LogP contribution is 2.31. The first-order valence-corrected chi connectivity index (χ1v) is 7.74. The SMILES string of the molecule is COC(=O)CC(NCc1ccccc1)c1ccc(OC)cc1OC. The van der Waals surface area contributed by atoms with Crippen molar-refractivity contribution < 1.29 is 19.0 Å². The number of nitrogens with one attached hydrogen (secondary N) is 1. The van der Waals surface area contributed by atoms with Crippen molar-refractivity contribution in [2.75, 3.05) is 21.3 Å². The van der Waals surface area contributed by atoms with Crippen molar-refractivity contribution in [3.05, 3.63) is 59.7 Å². The maximum absolute atomic E-state index is 11.8. The van der Waals surface area contributed by atoms with E-state index in [9.17, 15) is 4.79 Å². The normalized spacial score (nSPS) is 11.6. The van der Waals surface area contributed by atoms with Crippen LogP contribution < -0.4 is 14.8 Å². The number of methoxy groups -OCH3 is 3. The molecule has 2 aromatic rings. The van der Waals surface area contributed by atoms with Crippen molar-refractivity contribution in [1.82, 2.24) is 5.32 Å². The van der Waals surface area contributed by atoms with Crippen molar-refractivity contribution in [2.24, 2.45) is 0 Å². The zero-order valence-electron chi connectivity index (χ0n) is 14.2. The smallest absolute Gasteiger partial charge is 0.307 e. The molecule has 0 bridgehead atoms. The summed E-state index contributed by atoms with van der Waals surface area (Å²) in [5.41, 5.74) is 2.03. The van der Waals surface area contributed by atoms with Crippen LogP contribution in [0.1, 0.15) is 23.6 Å². The van der Waals surface area contributed by atoms with Crippen molar-refractivity contribution in [3.63, 3.8) is 0 Å². The van der Waals surface area contributed by atoms with Gasteiger partial charge in [0.15, 0.2) is 0 Å². The van der Waals surface area contributed by atoms with E-state index >= 15 is 0 Å². The zero-order chi connectivity index (χ0) is 17.4. The fourth-order valence-corrected chi connectivity index (χ4v) is 2.49. The maximum atomic E-state index is 11.8. The fourth-order valence-electron chi connectivity index (χ4n) is 2.49. The first kappa shape index (κ1) is 17.8. The Morgan fingerprint density at radius 2 is 1.79 bits per heavy atom. The minimum absolute atomic E-state index is 0.214. The van der Waals surface area contributed by atoms with Crippen LogP contribution in [0.5, 0.6) is 11.5 Å². The lowest BCUT2D eigenvalue weighted by Crippen LogP contribution is -2.24. The van der Waals surface area contributed by atoms with E-state index in [1.54, 1.807) is 14.2 Å². The number of ether oxygens (including phenoxy) is 3. The summed E-state index contributed by atoms with van der Waals surface area (Å²) in [5.74, 6) is 1.10. The summed E-state index contributed by atoms with van der Waals surface area (Å²) in [7, 11) is 4.60. The molecule has 0 aliphatic heterocycles. The average molecular weight is 329 g/mol. The van der Waals surface area contributed by atoms with Crippen LogP contribution in [0.2, 0.25) is 0 Å². The second-order valence-electron chi connectivity index (χ2n) is 5.31. The molecule has 0 aliphatic carbocycles. The molecule has 0 saturated carbocycles. The van der Waals surface area contributed by atoms with Crippen molar-refractivity contribution in [3.8, 4) is 11.5 Å². The molecular weight excluding hydrogens is 306 g/mol. The standard InChI is InChI=1S/C19H23NO4/c1-22-15-9-10-16(18(11-15)23-2)17(12-19(21)24-3)20-13-14-7-5-4-6-8-14/h4-11,17,20H,12-13H2,1-3H3. The molecule has 2 rings (SSSR count). The minimum atomic E-state index is -0.279. The first-order chi connectivity index (χ1) is 11.7. The molecule has 1 N–H and O–H groups in total. The van der Waals surface area contributed by atoms with Gasteiger partial charge in [-0.15, -0.1) is 0 Å². The van der Waals surface area contributed by atoms with Gasteiger partial charge in [0.1, 0.15) is 11.5 Å². The summed E-state index contributed by atoms with van der Waals surface area (Å²) in [6, 6.07) is 15.4. The maximum Gasteiger partial charge on any atom is 0.307 e. The van der Waals surface area contributed by atoms with Gasteiger partial charge in [0.25, 0.3) is 0 Å². The molecule has 0 spiro atoms. The van der Waals surface area contributed by atoms with E-state index < -0.39 is 0 Å². The summed E-state index contributed by atoms with van der Waals surface area (Å²) in [6.45, 7) is 0.637. The van der Waals surface area contributed by atoms with Crippen LogP contribution in [-0.2, 0) is 16.1 Å². The highest BCUT2D eigenvalue weighted by Gasteiger charge is 2.20. The van der Waals surface area contributed by atoms with Crippen LogP contribution in [0, 0.1) is 0 Å². The van der Waals surface area contributed by atoms with E-state index in [0.29, 0.717) is 18.0 Å². The van der Waals surface area contributed by atoms with Crippen LogP contribution in [-0.4, -0.2) is 27.3 Å². The van der Waals surface area contributed by atoms with Gasteiger partial charge < -0.3 is 19.5 Å². The van der Waals surface area contributed by atoms with E-state index in [-0.39, 0.29) is 18.4 Å². The molecule has 0 radical (unpaired) electrons. The molecule has 0 saturated heterocycles. The number of esters is 1. The number of rotatable bonds is 8. The predicted molar refractivity (Wildman–Crippen MR) is 92.2 cm³/mol. The number of carbonyl (C=O) groups is 1. The van der Waals surface area contributed by atoms with Crippen molar-refractivity contribution in [1.29, 1.82) is 0 Å². The van der Waals surface area contributed by atoms with Crippen LogP contribution in [0.3, 0.4) is 0 Å². The Hall–Kier alpha value is -2.53. The lowest BCUT2D eigenvalue weighted by Gasteiger charge is -2.21. The summed E-state index contributed by atoms with van der Waals surface area (Å²) in [6.07, 6.45) is 0.214. The largest absolute Gasteiger partial charge is 0.497 e. The van der Waals surface area contributed by atoms with Crippen LogP contribution >= 0.6 is 0 Å². The zero-order valence-corrected chi connectivity index (χ0v) is 14.2. The molecular formula is C19H23NO4. The lowest BCUT2D eigenvalue weighted by molar-refractivity contribution is -0.141. The van der Waals surface area contributed by atoms with Crippen molar-refractivity contribution in [2.45, 2.75) is 19.0 Å². The van der Waals surface area contributed by atoms with E-state index in [1.165, 1.54) is 7.11 Å². The van der Waals surface area contributed by atoms with Crippen LogP contribution in [0.15, 0.2) is 48.5 Å². The van der Waals surface area contributed by atoms with Gasteiger partial charge in [-0.1, -0.05) is 36.4 Å². The Bertz CT molecular complexity index is 658. The van der Waals surface area contributed by atoms with Gasteiger partial charge in [0.05, 0.1) is 27.8 Å². The Labute approximate surface area is 142 Å². The lowest BCUT2D eigenvalue weighted by atomic mass is 10.0. The average Bonchev–Trinajstić information content (AvgIpc) is 2.65. The second kappa shape index (κ2) is 8.93. The fraction of sp³-hybridized carbons (Fsp3) is 0.316. The number of benzene rings is 2. The van der Waals surface area contributed by atoms with Crippen LogP contribution in [0.4, 0.5) is 0 Å². The molecule has 5 nitrogen and oxygen atoms in total. The van der Waals surface area contributed by atoms with E-state index in [1.807, 2.05) is 48.5 Å². The monoisotopic (exact) mass is 329 g/mol. The highest BCUT2D eigenvalue weighted by molar-refractivity contribution is 5.70.